The van der Waals surface area contributed by atoms with E-state index in [1.165, 1.54) is 12.8 Å². The molecule has 4 nitrogen and oxygen atoms in total. The zero-order valence-corrected chi connectivity index (χ0v) is 15.9. The monoisotopic (exact) mass is 372 g/mol. The smallest absolute Gasteiger partial charge is 0.287 e. The Kier molecular flexibility index (Phi) is 4.56. The lowest BCUT2D eigenvalue weighted by Gasteiger charge is -2.12. The highest BCUT2D eigenvalue weighted by atomic mass is 32.2. The van der Waals surface area contributed by atoms with Crippen LogP contribution in [-0.4, -0.2) is 16.9 Å². The molecule has 1 unspecified atom stereocenters. The maximum Gasteiger partial charge on any atom is 0.287 e. The Bertz CT molecular complexity index is 911. The van der Waals surface area contributed by atoms with Gasteiger partial charge < -0.3 is 9.73 Å². The van der Waals surface area contributed by atoms with Crippen LogP contribution in [0.2, 0.25) is 0 Å². The predicted molar refractivity (Wildman–Crippen MR) is 102 cm³/mol. The molecule has 1 atom stereocenters. The SMILES string of the molecule is Cc1csc(SCc2c(C(=O)NC(C)C3CC3)oc3ccccc23)n1. The first-order valence-electron chi connectivity index (χ1n) is 8.48. The molecule has 1 N–H and O–H groups in total. The Balaban J connectivity index is 1.61. The molecule has 0 bridgehead atoms. The Morgan fingerprint density at radius 1 is 1.44 bits per heavy atom. The van der Waals surface area contributed by atoms with Gasteiger partial charge in [-0.25, -0.2) is 4.98 Å². The number of carbonyl (C=O) groups is 1. The molecule has 130 valence electrons. The number of nitrogens with zero attached hydrogens (tertiary/aromatic N) is 1. The number of thioether (sulfide) groups is 1. The maximum absolute atomic E-state index is 12.8. The maximum atomic E-state index is 12.8. The van der Waals surface area contributed by atoms with Crippen LogP contribution in [0.1, 0.15) is 41.6 Å². The Hall–Kier alpha value is -1.79. The molecule has 1 saturated carbocycles. The number of hydrogen-bond acceptors (Lipinski definition) is 5. The van der Waals surface area contributed by atoms with Crippen molar-refractivity contribution in [3.63, 3.8) is 0 Å². The summed E-state index contributed by atoms with van der Waals surface area (Å²) in [4.78, 5) is 17.3. The van der Waals surface area contributed by atoms with Gasteiger partial charge in [0.1, 0.15) is 9.92 Å². The first kappa shape index (κ1) is 16.7. The van der Waals surface area contributed by atoms with Crippen molar-refractivity contribution in [1.82, 2.24) is 10.3 Å². The number of hydrogen-bond donors (Lipinski definition) is 1. The van der Waals surface area contributed by atoms with Gasteiger partial charge >= 0.3 is 0 Å². The van der Waals surface area contributed by atoms with E-state index < -0.39 is 0 Å². The lowest BCUT2D eigenvalue weighted by molar-refractivity contribution is 0.0909. The number of rotatable bonds is 6. The third kappa shape index (κ3) is 3.60. The second-order valence-electron chi connectivity index (χ2n) is 6.55. The normalized spacial score (nSPS) is 15.4. The molecule has 1 fully saturated rings. The van der Waals surface area contributed by atoms with E-state index in [2.05, 4.69) is 17.2 Å². The molecule has 6 heteroatoms. The van der Waals surface area contributed by atoms with Crippen LogP contribution in [0.5, 0.6) is 0 Å². The van der Waals surface area contributed by atoms with E-state index >= 15 is 0 Å². The summed E-state index contributed by atoms with van der Waals surface area (Å²) in [7, 11) is 0. The number of furan rings is 1. The third-order valence-electron chi connectivity index (χ3n) is 4.53. The van der Waals surface area contributed by atoms with Crippen molar-refractivity contribution in [2.24, 2.45) is 5.92 Å². The lowest BCUT2D eigenvalue weighted by atomic mass is 10.1. The molecule has 0 aliphatic heterocycles. The van der Waals surface area contributed by atoms with Gasteiger partial charge in [0.15, 0.2) is 5.76 Å². The van der Waals surface area contributed by atoms with Crippen LogP contribution in [-0.2, 0) is 5.75 Å². The lowest BCUT2D eigenvalue weighted by Crippen LogP contribution is -2.34. The van der Waals surface area contributed by atoms with Gasteiger partial charge in [0.2, 0.25) is 0 Å². The number of fused-ring (bicyclic) bond motifs is 1. The molecule has 0 saturated heterocycles. The van der Waals surface area contributed by atoms with Crippen molar-refractivity contribution in [1.29, 1.82) is 0 Å². The van der Waals surface area contributed by atoms with Crippen LogP contribution in [0, 0.1) is 12.8 Å². The standard InChI is InChI=1S/C19H20N2O2S2/c1-11-9-24-19(20-11)25-10-15-14-5-3-4-6-16(14)23-17(15)18(22)21-12(2)13-7-8-13/h3-6,9,12-13H,7-8,10H2,1-2H3,(H,21,22). The number of benzene rings is 1. The minimum absolute atomic E-state index is 0.110. The van der Waals surface area contributed by atoms with Crippen molar-refractivity contribution in [2.45, 2.75) is 42.8 Å². The number of carbonyl (C=O) groups excluding carboxylic acids is 1. The largest absolute Gasteiger partial charge is 0.451 e. The summed E-state index contributed by atoms with van der Waals surface area (Å²) in [5.74, 6) is 1.62. The molecule has 25 heavy (non-hydrogen) atoms. The number of aryl methyl sites for hydroxylation is 1. The molecule has 0 spiro atoms. The summed E-state index contributed by atoms with van der Waals surface area (Å²) in [6.07, 6.45) is 2.40. The predicted octanol–water partition coefficient (Wildman–Crippen LogP) is 5.02. The van der Waals surface area contributed by atoms with Gasteiger partial charge in [-0.05, 0) is 38.7 Å². The van der Waals surface area contributed by atoms with Crippen molar-refractivity contribution in [3.05, 3.63) is 46.7 Å². The van der Waals surface area contributed by atoms with Gasteiger partial charge in [0.25, 0.3) is 5.91 Å². The molecular formula is C19H20N2O2S2. The van der Waals surface area contributed by atoms with Gasteiger partial charge in [-0.15, -0.1) is 11.3 Å². The average Bonchev–Trinajstić information content (AvgIpc) is 3.28. The molecule has 2 heterocycles. The summed E-state index contributed by atoms with van der Waals surface area (Å²) in [5, 5.41) is 6.16. The van der Waals surface area contributed by atoms with E-state index in [-0.39, 0.29) is 11.9 Å². The third-order valence-corrected chi connectivity index (χ3v) is 6.70. The fourth-order valence-electron chi connectivity index (χ4n) is 2.94. The van der Waals surface area contributed by atoms with Crippen LogP contribution in [0.25, 0.3) is 11.0 Å². The molecule has 2 aromatic heterocycles. The zero-order valence-electron chi connectivity index (χ0n) is 14.2. The molecule has 1 amide bonds. The quantitative estimate of drug-likeness (QED) is 0.617. The molecule has 0 radical (unpaired) electrons. The first-order valence-corrected chi connectivity index (χ1v) is 10.3. The fourth-order valence-corrected chi connectivity index (χ4v) is 4.82. The van der Waals surface area contributed by atoms with E-state index in [1.807, 2.05) is 36.6 Å². The highest BCUT2D eigenvalue weighted by Crippen LogP contribution is 2.35. The van der Waals surface area contributed by atoms with E-state index in [0.717, 1.165) is 26.6 Å². The Morgan fingerprint density at radius 2 is 2.24 bits per heavy atom. The van der Waals surface area contributed by atoms with Crippen LogP contribution < -0.4 is 5.32 Å². The molecule has 1 aliphatic carbocycles. The van der Waals surface area contributed by atoms with Crippen molar-refractivity contribution in [2.75, 3.05) is 0 Å². The number of amides is 1. The topological polar surface area (TPSA) is 55.1 Å². The number of para-hydroxylation sites is 1. The zero-order chi connectivity index (χ0) is 17.4. The summed E-state index contributed by atoms with van der Waals surface area (Å²) in [6, 6.07) is 8.04. The summed E-state index contributed by atoms with van der Waals surface area (Å²) in [6.45, 7) is 4.07. The average molecular weight is 373 g/mol. The first-order chi connectivity index (χ1) is 12.1. The molecule has 1 aliphatic rings. The van der Waals surface area contributed by atoms with Gasteiger partial charge in [-0.3, -0.25) is 4.79 Å². The molecule has 1 aromatic carbocycles. The summed E-state index contributed by atoms with van der Waals surface area (Å²) in [5.41, 5.74) is 2.74. The fraction of sp³-hybridized carbons (Fsp3) is 0.368. The number of thiazole rings is 1. The Labute approximate surface area is 155 Å². The van der Waals surface area contributed by atoms with Crippen molar-refractivity contribution in [3.8, 4) is 0 Å². The van der Waals surface area contributed by atoms with Crippen LogP contribution >= 0.6 is 23.1 Å². The summed E-state index contributed by atoms with van der Waals surface area (Å²) >= 11 is 3.28. The van der Waals surface area contributed by atoms with Gasteiger partial charge in [-0.2, -0.15) is 0 Å². The molecule has 4 rings (SSSR count). The molecule has 3 aromatic rings. The van der Waals surface area contributed by atoms with Gasteiger partial charge in [0.05, 0.1) is 0 Å². The van der Waals surface area contributed by atoms with E-state index in [9.17, 15) is 4.79 Å². The second kappa shape index (κ2) is 6.84. The number of aromatic nitrogens is 1. The Morgan fingerprint density at radius 3 is 2.96 bits per heavy atom. The van der Waals surface area contributed by atoms with Crippen LogP contribution in [0.3, 0.4) is 0 Å². The minimum atomic E-state index is -0.110. The second-order valence-corrected chi connectivity index (χ2v) is 8.63. The highest BCUT2D eigenvalue weighted by Gasteiger charge is 2.30. The van der Waals surface area contributed by atoms with E-state index in [0.29, 0.717) is 17.4 Å². The van der Waals surface area contributed by atoms with Crippen LogP contribution in [0.15, 0.2) is 38.4 Å². The summed E-state index contributed by atoms with van der Waals surface area (Å²) < 4.78 is 6.93. The number of nitrogens with one attached hydrogen (secondary N) is 1. The van der Waals surface area contributed by atoms with E-state index in [1.54, 1.807) is 23.1 Å². The van der Waals surface area contributed by atoms with E-state index in [4.69, 9.17) is 4.42 Å². The van der Waals surface area contributed by atoms with Crippen molar-refractivity contribution >= 4 is 40.0 Å². The van der Waals surface area contributed by atoms with Crippen LogP contribution in [0.4, 0.5) is 0 Å². The highest BCUT2D eigenvalue weighted by molar-refractivity contribution is 8.00. The minimum Gasteiger partial charge on any atom is -0.451 e. The van der Waals surface area contributed by atoms with Gasteiger partial charge in [0, 0.05) is 33.8 Å². The molecular weight excluding hydrogens is 352 g/mol. The van der Waals surface area contributed by atoms with Crippen molar-refractivity contribution < 1.29 is 9.21 Å². The van der Waals surface area contributed by atoms with Gasteiger partial charge in [-0.1, -0.05) is 30.0 Å².